The van der Waals surface area contributed by atoms with Gasteiger partial charge >= 0.3 is 0 Å². The number of aromatic nitrogens is 2. The lowest BCUT2D eigenvalue weighted by molar-refractivity contribution is 0.390. The Morgan fingerprint density at radius 3 is 2.74 bits per heavy atom. The number of hydrogen-bond donors (Lipinski definition) is 2. The van der Waals surface area contributed by atoms with Gasteiger partial charge in [-0.3, -0.25) is 0 Å². The number of imidazole rings is 1. The van der Waals surface area contributed by atoms with Crippen LogP contribution in [0.25, 0.3) is 11.0 Å². The number of aromatic amines is 1. The fourth-order valence-electron chi connectivity index (χ4n) is 2.55. The summed E-state index contributed by atoms with van der Waals surface area (Å²) < 4.78 is 10.6. The zero-order chi connectivity index (χ0) is 16.1. The molecule has 1 heterocycles. The molecule has 3 aromatic rings. The van der Waals surface area contributed by atoms with Gasteiger partial charge in [-0.05, 0) is 18.2 Å². The maximum atomic E-state index is 5.40. The molecule has 23 heavy (non-hydrogen) atoms. The normalized spacial score (nSPS) is 10.9. The van der Waals surface area contributed by atoms with E-state index in [9.17, 15) is 0 Å². The number of hydrogen-bond acceptors (Lipinski definition) is 4. The molecule has 0 radical (unpaired) electrons. The molecule has 0 saturated heterocycles. The van der Waals surface area contributed by atoms with Crippen LogP contribution in [0.15, 0.2) is 42.5 Å². The third-order valence-corrected chi connectivity index (χ3v) is 3.79. The molecule has 0 aliphatic heterocycles. The van der Waals surface area contributed by atoms with Crippen molar-refractivity contribution in [2.24, 2.45) is 0 Å². The van der Waals surface area contributed by atoms with Crippen molar-refractivity contribution < 1.29 is 9.47 Å². The lowest BCUT2D eigenvalue weighted by Crippen LogP contribution is -2.17. The standard InChI is InChI=1S/C18H21N3O2/c1-22-14-8-7-13(17(11-14)23-2)12-19-10-9-18-20-15-5-3-4-6-16(15)21-18/h3-8,11,19H,9-10,12H2,1-2H3,(H,20,21). The molecule has 5 heteroatoms. The molecule has 0 aliphatic rings. The molecule has 0 atom stereocenters. The zero-order valence-electron chi connectivity index (χ0n) is 13.4. The summed E-state index contributed by atoms with van der Waals surface area (Å²) in [4.78, 5) is 7.92. The van der Waals surface area contributed by atoms with E-state index in [0.29, 0.717) is 0 Å². The molecule has 0 unspecified atom stereocenters. The topological polar surface area (TPSA) is 59.2 Å². The summed E-state index contributed by atoms with van der Waals surface area (Å²) in [6, 6.07) is 13.9. The minimum atomic E-state index is 0.743. The van der Waals surface area contributed by atoms with Crippen molar-refractivity contribution in [1.82, 2.24) is 15.3 Å². The average Bonchev–Trinajstić information content (AvgIpc) is 3.01. The number of nitrogens with one attached hydrogen (secondary N) is 2. The van der Waals surface area contributed by atoms with Gasteiger partial charge in [-0.25, -0.2) is 4.98 Å². The van der Waals surface area contributed by atoms with E-state index in [2.05, 4.69) is 15.3 Å². The van der Waals surface area contributed by atoms with Crippen molar-refractivity contribution in [1.29, 1.82) is 0 Å². The SMILES string of the molecule is COc1ccc(CNCCc2nc3ccccc3[nH]2)c(OC)c1. The van der Waals surface area contributed by atoms with E-state index in [-0.39, 0.29) is 0 Å². The first-order chi connectivity index (χ1) is 11.3. The number of para-hydroxylation sites is 2. The molecule has 5 nitrogen and oxygen atoms in total. The highest BCUT2D eigenvalue weighted by Gasteiger charge is 2.05. The molecule has 0 aliphatic carbocycles. The molecule has 2 aromatic carbocycles. The average molecular weight is 311 g/mol. The Labute approximate surface area is 135 Å². The molecule has 0 bridgehead atoms. The van der Waals surface area contributed by atoms with Crippen molar-refractivity contribution >= 4 is 11.0 Å². The second-order valence-corrected chi connectivity index (χ2v) is 5.31. The second-order valence-electron chi connectivity index (χ2n) is 5.31. The van der Waals surface area contributed by atoms with E-state index in [4.69, 9.17) is 9.47 Å². The Morgan fingerprint density at radius 1 is 1.09 bits per heavy atom. The van der Waals surface area contributed by atoms with Gasteiger partial charge in [-0.1, -0.05) is 18.2 Å². The third kappa shape index (κ3) is 3.63. The molecule has 2 N–H and O–H groups in total. The monoisotopic (exact) mass is 311 g/mol. The minimum absolute atomic E-state index is 0.743. The van der Waals surface area contributed by atoms with Crippen LogP contribution >= 0.6 is 0 Å². The van der Waals surface area contributed by atoms with Crippen LogP contribution in [-0.4, -0.2) is 30.7 Å². The number of nitrogens with zero attached hydrogens (tertiary/aromatic N) is 1. The Bertz CT molecular complexity index is 750. The maximum Gasteiger partial charge on any atom is 0.127 e. The molecule has 0 fully saturated rings. The molecular formula is C18H21N3O2. The Morgan fingerprint density at radius 2 is 1.96 bits per heavy atom. The van der Waals surface area contributed by atoms with Crippen molar-refractivity contribution in [2.75, 3.05) is 20.8 Å². The van der Waals surface area contributed by atoms with Gasteiger partial charge in [0, 0.05) is 31.1 Å². The quantitative estimate of drug-likeness (QED) is 0.659. The van der Waals surface area contributed by atoms with Crippen LogP contribution in [0.1, 0.15) is 11.4 Å². The van der Waals surface area contributed by atoms with Gasteiger partial charge < -0.3 is 19.8 Å². The summed E-state index contributed by atoms with van der Waals surface area (Å²) in [5.41, 5.74) is 3.21. The summed E-state index contributed by atoms with van der Waals surface area (Å²) in [5, 5.41) is 3.43. The molecule has 1 aromatic heterocycles. The van der Waals surface area contributed by atoms with Gasteiger partial charge in [0.15, 0.2) is 0 Å². The molecule has 120 valence electrons. The first-order valence-electron chi connectivity index (χ1n) is 7.65. The predicted octanol–water partition coefficient (Wildman–Crippen LogP) is 2.91. The van der Waals surface area contributed by atoms with Crippen LogP contribution in [0.2, 0.25) is 0 Å². The van der Waals surface area contributed by atoms with Crippen LogP contribution < -0.4 is 14.8 Å². The van der Waals surface area contributed by atoms with Crippen LogP contribution in [0.4, 0.5) is 0 Å². The van der Waals surface area contributed by atoms with Gasteiger partial charge in [0.25, 0.3) is 0 Å². The third-order valence-electron chi connectivity index (χ3n) is 3.79. The van der Waals surface area contributed by atoms with E-state index >= 15 is 0 Å². The second kappa shape index (κ2) is 7.15. The highest BCUT2D eigenvalue weighted by atomic mass is 16.5. The van der Waals surface area contributed by atoms with Crippen molar-refractivity contribution in [2.45, 2.75) is 13.0 Å². The maximum absolute atomic E-state index is 5.40. The number of benzene rings is 2. The largest absolute Gasteiger partial charge is 0.497 e. The zero-order valence-corrected chi connectivity index (χ0v) is 13.4. The fraction of sp³-hybridized carbons (Fsp3) is 0.278. The van der Waals surface area contributed by atoms with Gasteiger partial charge in [0.2, 0.25) is 0 Å². The minimum Gasteiger partial charge on any atom is -0.497 e. The number of rotatable bonds is 7. The van der Waals surface area contributed by atoms with Gasteiger partial charge in [0.1, 0.15) is 17.3 Å². The lowest BCUT2D eigenvalue weighted by Gasteiger charge is -2.11. The molecular weight excluding hydrogens is 290 g/mol. The summed E-state index contributed by atoms with van der Waals surface area (Å²) in [6.07, 6.45) is 0.854. The van der Waals surface area contributed by atoms with Gasteiger partial charge in [0.05, 0.1) is 25.3 Å². The molecule has 3 rings (SSSR count). The smallest absolute Gasteiger partial charge is 0.127 e. The van der Waals surface area contributed by atoms with E-state index in [1.165, 1.54) is 0 Å². The van der Waals surface area contributed by atoms with Crippen molar-refractivity contribution in [3.63, 3.8) is 0 Å². The molecule has 0 saturated carbocycles. The number of fused-ring (bicyclic) bond motifs is 1. The molecule has 0 amide bonds. The van der Waals surface area contributed by atoms with Crippen LogP contribution in [0.5, 0.6) is 11.5 Å². The summed E-state index contributed by atoms with van der Waals surface area (Å²) in [5.74, 6) is 2.63. The lowest BCUT2D eigenvalue weighted by atomic mass is 10.2. The van der Waals surface area contributed by atoms with Crippen LogP contribution in [-0.2, 0) is 13.0 Å². The summed E-state index contributed by atoms with van der Waals surface area (Å²) in [6.45, 7) is 1.59. The van der Waals surface area contributed by atoms with Gasteiger partial charge in [-0.15, -0.1) is 0 Å². The van der Waals surface area contributed by atoms with Crippen molar-refractivity contribution in [3.05, 3.63) is 53.9 Å². The van der Waals surface area contributed by atoms with E-state index in [1.54, 1.807) is 14.2 Å². The Kier molecular flexibility index (Phi) is 4.78. The summed E-state index contributed by atoms with van der Waals surface area (Å²) >= 11 is 0. The van der Waals surface area contributed by atoms with Gasteiger partial charge in [-0.2, -0.15) is 0 Å². The number of H-pyrrole nitrogens is 1. The van der Waals surface area contributed by atoms with E-state index < -0.39 is 0 Å². The van der Waals surface area contributed by atoms with E-state index in [1.807, 2.05) is 42.5 Å². The highest BCUT2D eigenvalue weighted by molar-refractivity contribution is 5.74. The Balaban J connectivity index is 1.55. The van der Waals surface area contributed by atoms with Crippen LogP contribution in [0, 0.1) is 0 Å². The number of ether oxygens (including phenoxy) is 2. The van der Waals surface area contributed by atoms with Crippen LogP contribution in [0.3, 0.4) is 0 Å². The first-order valence-corrected chi connectivity index (χ1v) is 7.65. The van der Waals surface area contributed by atoms with Crippen molar-refractivity contribution in [3.8, 4) is 11.5 Å². The first kappa shape index (κ1) is 15.4. The fourth-order valence-corrected chi connectivity index (χ4v) is 2.55. The highest BCUT2D eigenvalue weighted by Crippen LogP contribution is 2.24. The Hall–Kier alpha value is -2.53. The number of methoxy groups -OCH3 is 2. The predicted molar refractivity (Wildman–Crippen MR) is 91.1 cm³/mol. The van der Waals surface area contributed by atoms with E-state index in [0.717, 1.165) is 53.4 Å². The summed E-state index contributed by atoms with van der Waals surface area (Å²) in [7, 11) is 3.33. The molecule has 0 spiro atoms.